The smallest absolute Gasteiger partial charge is 0.410 e. The van der Waals surface area contributed by atoms with Crippen LogP contribution in [0.25, 0.3) is 0 Å². The Morgan fingerprint density at radius 3 is 2.64 bits per heavy atom. The largest absolute Gasteiger partial charge is 0.493 e. The maximum absolute atomic E-state index is 12.8. The van der Waals surface area contributed by atoms with Crippen molar-refractivity contribution in [1.82, 2.24) is 10.2 Å². The second kappa shape index (κ2) is 9.17. The maximum Gasteiger partial charge on any atom is 0.410 e. The molecule has 0 unspecified atom stereocenters. The number of piperidine rings is 2. The third-order valence-electron chi connectivity index (χ3n) is 5.63. The summed E-state index contributed by atoms with van der Waals surface area (Å²) in [5.41, 5.74) is 0.655. The maximum atomic E-state index is 12.8. The Balaban J connectivity index is 1.69. The van der Waals surface area contributed by atoms with E-state index in [9.17, 15) is 4.79 Å². The van der Waals surface area contributed by atoms with Crippen LogP contribution >= 0.6 is 0 Å². The third-order valence-corrected chi connectivity index (χ3v) is 5.63. The van der Waals surface area contributed by atoms with Gasteiger partial charge in [-0.2, -0.15) is 0 Å². The molecule has 2 aliphatic rings. The zero-order valence-electron chi connectivity index (χ0n) is 17.9. The van der Waals surface area contributed by atoms with Crippen LogP contribution in [0.3, 0.4) is 0 Å². The van der Waals surface area contributed by atoms with Gasteiger partial charge in [0, 0.05) is 6.54 Å². The highest BCUT2D eigenvalue weighted by atomic mass is 16.6. The average molecular weight is 389 g/mol. The van der Waals surface area contributed by atoms with Crippen LogP contribution in [-0.2, 0) is 4.74 Å². The molecule has 0 radical (unpaired) electrons. The highest BCUT2D eigenvalue weighted by molar-refractivity contribution is 5.69. The molecule has 2 heterocycles. The van der Waals surface area contributed by atoms with Gasteiger partial charge in [0.2, 0.25) is 0 Å². The van der Waals surface area contributed by atoms with Crippen molar-refractivity contribution in [3.05, 3.63) is 29.8 Å². The quantitative estimate of drug-likeness (QED) is 0.807. The van der Waals surface area contributed by atoms with E-state index in [-0.39, 0.29) is 12.1 Å². The molecule has 0 spiro atoms. The highest BCUT2D eigenvalue weighted by Gasteiger charge is 2.34. The number of amides is 1. The molecule has 2 fully saturated rings. The number of carbonyl (C=O) groups excluding carboxylic acids is 1. The zero-order chi connectivity index (χ0) is 20.1. The van der Waals surface area contributed by atoms with E-state index >= 15 is 0 Å². The monoisotopic (exact) mass is 388 g/mol. The summed E-state index contributed by atoms with van der Waals surface area (Å²) in [7, 11) is 0. The van der Waals surface area contributed by atoms with Crippen LogP contribution < -0.4 is 10.1 Å². The van der Waals surface area contributed by atoms with Crippen LogP contribution in [0.4, 0.5) is 4.79 Å². The Hall–Kier alpha value is -1.75. The predicted molar refractivity (Wildman–Crippen MR) is 112 cm³/mol. The Morgan fingerprint density at radius 1 is 1.18 bits per heavy atom. The number of hydrogen-bond donors (Lipinski definition) is 1. The van der Waals surface area contributed by atoms with E-state index in [0.717, 1.165) is 50.4 Å². The summed E-state index contributed by atoms with van der Waals surface area (Å²) in [6, 6.07) is 8.33. The lowest BCUT2D eigenvalue weighted by atomic mass is 9.90. The Kier molecular flexibility index (Phi) is 6.86. The fourth-order valence-electron chi connectivity index (χ4n) is 4.10. The predicted octanol–water partition coefficient (Wildman–Crippen LogP) is 4.77. The second-order valence-corrected chi connectivity index (χ2v) is 9.41. The Morgan fingerprint density at radius 2 is 1.93 bits per heavy atom. The minimum Gasteiger partial charge on any atom is -0.493 e. The molecule has 1 amide bonds. The molecular weight excluding hydrogens is 352 g/mol. The second-order valence-electron chi connectivity index (χ2n) is 9.41. The van der Waals surface area contributed by atoms with Gasteiger partial charge in [0.25, 0.3) is 0 Å². The summed E-state index contributed by atoms with van der Waals surface area (Å²) >= 11 is 0. The highest BCUT2D eigenvalue weighted by Crippen LogP contribution is 2.35. The summed E-state index contributed by atoms with van der Waals surface area (Å²) in [4.78, 5) is 14.7. The summed E-state index contributed by atoms with van der Waals surface area (Å²) in [5.74, 6) is 2.01. The van der Waals surface area contributed by atoms with Crippen LogP contribution in [0.2, 0.25) is 0 Å². The van der Waals surface area contributed by atoms with Crippen molar-refractivity contribution in [3.8, 4) is 5.75 Å². The number of hydrogen-bond acceptors (Lipinski definition) is 4. The zero-order valence-corrected chi connectivity index (χ0v) is 17.9. The SMILES string of the molecule is C[C@H]1CC[C@H](c2cccc(OCC3CCNCC3)c2)N(C(=O)OC(C)(C)C)C1. The molecule has 156 valence electrons. The van der Waals surface area contributed by atoms with Gasteiger partial charge in [-0.25, -0.2) is 4.79 Å². The van der Waals surface area contributed by atoms with Gasteiger partial charge in [0.05, 0.1) is 12.6 Å². The molecule has 2 aliphatic heterocycles. The molecule has 28 heavy (non-hydrogen) atoms. The van der Waals surface area contributed by atoms with E-state index in [4.69, 9.17) is 9.47 Å². The lowest BCUT2D eigenvalue weighted by molar-refractivity contribution is 0.00359. The Bertz CT molecular complexity index is 649. The van der Waals surface area contributed by atoms with Crippen molar-refractivity contribution in [2.75, 3.05) is 26.2 Å². The van der Waals surface area contributed by atoms with Gasteiger partial charge in [0.1, 0.15) is 11.4 Å². The molecule has 0 aromatic heterocycles. The van der Waals surface area contributed by atoms with E-state index in [1.807, 2.05) is 37.8 Å². The van der Waals surface area contributed by atoms with E-state index in [1.165, 1.54) is 12.8 Å². The van der Waals surface area contributed by atoms with Gasteiger partial charge in [-0.1, -0.05) is 19.1 Å². The van der Waals surface area contributed by atoms with Crippen molar-refractivity contribution in [2.45, 2.75) is 65.0 Å². The van der Waals surface area contributed by atoms with Crippen molar-refractivity contribution in [3.63, 3.8) is 0 Å². The molecule has 2 atom stereocenters. The summed E-state index contributed by atoms with van der Waals surface area (Å²) in [5, 5.41) is 3.40. The molecule has 2 saturated heterocycles. The standard InChI is InChI=1S/C23H36N2O3/c1-17-8-9-21(25(15-17)22(26)28-23(2,3)4)19-6-5-7-20(14-19)27-16-18-10-12-24-13-11-18/h5-7,14,17-18,21,24H,8-13,15-16H2,1-4H3/t17-,21+/m0/s1. The van der Waals surface area contributed by atoms with Crippen LogP contribution in [0.15, 0.2) is 24.3 Å². The molecular formula is C23H36N2O3. The lowest BCUT2D eigenvalue weighted by Crippen LogP contribution is -2.44. The molecule has 1 N–H and O–H groups in total. The molecule has 5 heteroatoms. The van der Waals surface area contributed by atoms with Gasteiger partial charge in [0.15, 0.2) is 0 Å². The van der Waals surface area contributed by atoms with Crippen LogP contribution in [0, 0.1) is 11.8 Å². The van der Waals surface area contributed by atoms with Crippen LogP contribution in [-0.4, -0.2) is 42.8 Å². The molecule has 1 aromatic carbocycles. The van der Waals surface area contributed by atoms with E-state index in [2.05, 4.69) is 24.4 Å². The van der Waals surface area contributed by atoms with Crippen molar-refractivity contribution in [2.24, 2.45) is 11.8 Å². The molecule has 0 saturated carbocycles. The Labute approximate surface area is 169 Å². The number of nitrogens with zero attached hydrogens (tertiary/aromatic N) is 1. The number of nitrogens with one attached hydrogen (secondary N) is 1. The third kappa shape index (κ3) is 5.87. The fourth-order valence-corrected chi connectivity index (χ4v) is 4.10. The number of benzene rings is 1. The molecule has 0 aliphatic carbocycles. The van der Waals surface area contributed by atoms with Gasteiger partial charge in [-0.3, -0.25) is 0 Å². The van der Waals surface area contributed by atoms with E-state index < -0.39 is 5.60 Å². The molecule has 1 aromatic rings. The molecule has 5 nitrogen and oxygen atoms in total. The van der Waals surface area contributed by atoms with Crippen LogP contribution in [0.1, 0.15) is 65.0 Å². The number of ether oxygens (including phenoxy) is 2. The van der Waals surface area contributed by atoms with Crippen molar-refractivity contribution in [1.29, 1.82) is 0 Å². The topological polar surface area (TPSA) is 50.8 Å². The molecule has 3 rings (SSSR count). The normalized spacial score (nSPS) is 24.1. The summed E-state index contributed by atoms with van der Waals surface area (Å²) in [6.07, 6.45) is 4.20. The first kappa shape index (κ1) is 21.0. The number of carbonyl (C=O) groups is 1. The number of rotatable bonds is 4. The number of likely N-dealkylation sites (tertiary alicyclic amines) is 1. The fraction of sp³-hybridized carbons (Fsp3) is 0.696. The van der Waals surface area contributed by atoms with Crippen molar-refractivity contribution >= 4 is 6.09 Å². The lowest BCUT2D eigenvalue weighted by Gasteiger charge is -2.39. The summed E-state index contributed by atoms with van der Waals surface area (Å²) in [6.45, 7) is 11.6. The minimum atomic E-state index is -0.484. The van der Waals surface area contributed by atoms with Gasteiger partial charge < -0.3 is 19.7 Å². The van der Waals surface area contributed by atoms with Gasteiger partial charge >= 0.3 is 6.09 Å². The van der Waals surface area contributed by atoms with E-state index in [1.54, 1.807) is 0 Å². The molecule has 0 bridgehead atoms. The van der Waals surface area contributed by atoms with E-state index in [0.29, 0.717) is 11.8 Å². The van der Waals surface area contributed by atoms with Gasteiger partial charge in [-0.15, -0.1) is 0 Å². The summed E-state index contributed by atoms with van der Waals surface area (Å²) < 4.78 is 11.8. The minimum absolute atomic E-state index is 0.0495. The first-order valence-corrected chi connectivity index (χ1v) is 10.7. The average Bonchev–Trinajstić information content (AvgIpc) is 2.66. The van der Waals surface area contributed by atoms with Gasteiger partial charge in [-0.05, 0) is 89.1 Å². The first-order chi connectivity index (χ1) is 13.3. The van der Waals surface area contributed by atoms with Crippen molar-refractivity contribution < 1.29 is 14.3 Å². The first-order valence-electron chi connectivity index (χ1n) is 10.7. The van der Waals surface area contributed by atoms with Crippen LogP contribution in [0.5, 0.6) is 5.75 Å².